The number of fused-ring (bicyclic) bond motifs is 6. The van der Waals surface area contributed by atoms with E-state index in [-0.39, 0.29) is 5.41 Å². The number of benzene rings is 10. The number of hydrogen-bond donors (Lipinski definition) is 0. The first-order chi connectivity index (χ1) is 35.1. The van der Waals surface area contributed by atoms with Crippen LogP contribution in [0, 0.1) is 5.92 Å². The summed E-state index contributed by atoms with van der Waals surface area (Å²) >= 11 is 0. The van der Waals surface area contributed by atoms with Crippen LogP contribution in [-0.2, 0) is 5.41 Å². The van der Waals surface area contributed by atoms with Crippen molar-refractivity contribution in [2.75, 3.05) is 4.90 Å². The number of hydrogen-bond acceptors (Lipinski definition) is 1. The molecule has 0 bridgehead atoms. The highest BCUT2D eigenvalue weighted by Crippen LogP contribution is 2.46. The third kappa shape index (κ3) is 7.53. The number of anilines is 3. The van der Waals surface area contributed by atoms with Gasteiger partial charge in [-0.1, -0.05) is 207 Å². The van der Waals surface area contributed by atoms with Crippen LogP contribution in [0.5, 0.6) is 0 Å². The SMILES string of the molecule is CC12C=CC=CC1C=Cc1cc(-c3ccc(N(c4ccc(-c5cccc(-c6ccccc6)c5)cc4)c4cccc(-c5cccc(-c6cccc7c6c6ccccc6n7-c6ccccc6)c5)c4)cc3)ccc12. The average molecular weight is 907 g/mol. The van der Waals surface area contributed by atoms with Gasteiger partial charge in [-0.3, -0.25) is 0 Å². The second-order valence-electron chi connectivity index (χ2n) is 19.1. The molecule has 13 rings (SSSR count). The zero-order chi connectivity index (χ0) is 47.3. The number of nitrogens with zero attached hydrogens (tertiary/aromatic N) is 2. The van der Waals surface area contributed by atoms with E-state index in [4.69, 9.17) is 0 Å². The molecule has 2 unspecified atom stereocenters. The molecule has 0 spiro atoms. The van der Waals surface area contributed by atoms with Crippen molar-refractivity contribution in [3.05, 3.63) is 284 Å². The minimum Gasteiger partial charge on any atom is -0.310 e. The molecule has 0 fully saturated rings. The highest BCUT2D eigenvalue weighted by molar-refractivity contribution is 6.16. The molecule has 0 amide bonds. The van der Waals surface area contributed by atoms with Gasteiger partial charge in [0.1, 0.15) is 0 Å². The van der Waals surface area contributed by atoms with E-state index >= 15 is 0 Å². The molecule has 2 heteroatoms. The third-order valence-electron chi connectivity index (χ3n) is 14.9. The third-order valence-corrected chi connectivity index (χ3v) is 14.9. The van der Waals surface area contributed by atoms with Crippen LogP contribution < -0.4 is 4.90 Å². The molecule has 2 nitrogen and oxygen atoms in total. The molecule has 1 heterocycles. The van der Waals surface area contributed by atoms with E-state index < -0.39 is 0 Å². The molecule has 336 valence electrons. The van der Waals surface area contributed by atoms with Gasteiger partial charge in [0.05, 0.1) is 11.0 Å². The fraction of sp³-hybridized carbons (Fsp3) is 0.0435. The molecule has 0 saturated carbocycles. The summed E-state index contributed by atoms with van der Waals surface area (Å²) in [6.07, 6.45) is 13.7. The Labute approximate surface area is 416 Å². The quantitative estimate of drug-likeness (QED) is 0.140. The van der Waals surface area contributed by atoms with Gasteiger partial charge in [0.15, 0.2) is 0 Å². The molecule has 2 atom stereocenters. The summed E-state index contributed by atoms with van der Waals surface area (Å²) in [5.41, 5.74) is 21.4. The van der Waals surface area contributed by atoms with Crippen molar-refractivity contribution in [2.24, 2.45) is 5.92 Å². The van der Waals surface area contributed by atoms with Crippen molar-refractivity contribution in [2.45, 2.75) is 12.3 Å². The Kier molecular flexibility index (Phi) is 10.4. The Bertz CT molecular complexity index is 3870. The van der Waals surface area contributed by atoms with Crippen molar-refractivity contribution in [1.82, 2.24) is 4.57 Å². The zero-order valence-corrected chi connectivity index (χ0v) is 39.5. The van der Waals surface area contributed by atoms with Gasteiger partial charge in [-0.2, -0.15) is 0 Å². The highest BCUT2D eigenvalue weighted by Gasteiger charge is 2.35. The summed E-state index contributed by atoms with van der Waals surface area (Å²) in [7, 11) is 0. The fourth-order valence-electron chi connectivity index (χ4n) is 11.2. The molecule has 2 aliphatic carbocycles. The van der Waals surface area contributed by atoms with Crippen molar-refractivity contribution < 1.29 is 0 Å². The minimum atomic E-state index is -0.0316. The summed E-state index contributed by atoms with van der Waals surface area (Å²) in [6, 6.07) is 88.8. The topological polar surface area (TPSA) is 8.17 Å². The molecule has 0 aliphatic heterocycles. The Morgan fingerprint density at radius 2 is 0.930 bits per heavy atom. The zero-order valence-electron chi connectivity index (χ0n) is 39.5. The van der Waals surface area contributed by atoms with Crippen molar-refractivity contribution >= 4 is 44.9 Å². The van der Waals surface area contributed by atoms with Gasteiger partial charge in [0.2, 0.25) is 0 Å². The van der Waals surface area contributed by atoms with E-state index in [0.717, 1.165) is 28.3 Å². The van der Waals surface area contributed by atoms with E-state index in [2.05, 4.69) is 296 Å². The van der Waals surface area contributed by atoms with Crippen LogP contribution in [0.25, 0.3) is 89.2 Å². The van der Waals surface area contributed by atoms with Crippen LogP contribution >= 0.6 is 0 Å². The molecule has 0 N–H and O–H groups in total. The molecule has 1 aromatic heterocycles. The van der Waals surface area contributed by atoms with Crippen LogP contribution in [0.3, 0.4) is 0 Å². The fourth-order valence-corrected chi connectivity index (χ4v) is 11.2. The second kappa shape index (κ2) is 17.5. The number of allylic oxidation sites excluding steroid dienone is 5. The smallest absolute Gasteiger partial charge is 0.0547 e. The van der Waals surface area contributed by atoms with Crippen molar-refractivity contribution in [3.8, 4) is 61.3 Å². The van der Waals surface area contributed by atoms with Crippen LogP contribution in [0.1, 0.15) is 18.1 Å². The van der Waals surface area contributed by atoms with Crippen LogP contribution in [0.15, 0.2) is 273 Å². The first kappa shape index (κ1) is 42.1. The molecular weight excluding hydrogens is 857 g/mol. The predicted molar refractivity (Wildman–Crippen MR) is 301 cm³/mol. The molecule has 10 aromatic carbocycles. The summed E-state index contributed by atoms with van der Waals surface area (Å²) < 4.78 is 2.39. The summed E-state index contributed by atoms with van der Waals surface area (Å²) in [5.74, 6) is 0.376. The van der Waals surface area contributed by atoms with Gasteiger partial charge in [-0.25, -0.2) is 0 Å². The van der Waals surface area contributed by atoms with E-state index in [1.165, 1.54) is 83.0 Å². The van der Waals surface area contributed by atoms with Gasteiger partial charge < -0.3 is 9.47 Å². The average Bonchev–Trinajstić information content (AvgIpc) is 3.78. The maximum Gasteiger partial charge on any atom is 0.0547 e. The van der Waals surface area contributed by atoms with Crippen LogP contribution in [0.4, 0.5) is 17.1 Å². The molecule has 71 heavy (non-hydrogen) atoms. The van der Waals surface area contributed by atoms with Gasteiger partial charge in [0, 0.05) is 44.9 Å². The largest absolute Gasteiger partial charge is 0.310 e. The van der Waals surface area contributed by atoms with E-state index in [0.29, 0.717) is 5.92 Å². The van der Waals surface area contributed by atoms with Crippen LogP contribution in [0.2, 0.25) is 0 Å². The van der Waals surface area contributed by atoms with Gasteiger partial charge in [0.25, 0.3) is 0 Å². The number of aromatic nitrogens is 1. The lowest BCUT2D eigenvalue weighted by atomic mass is 9.65. The van der Waals surface area contributed by atoms with E-state index in [9.17, 15) is 0 Å². The lowest BCUT2D eigenvalue weighted by Crippen LogP contribution is -2.31. The Morgan fingerprint density at radius 3 is 1.66 bits per heavy atom. The molecular formula is C69H50N2. The Morgan fingerprint density at radius 1 is 0.394 bits per heavy atom. The summed E-state index contributed by atoms with van der Waals surface area (Å²) in [6.45, 7) is 2.36. The first-order valence-electron chi connectivity index (χ1n) is 24.7. The molecule has 11 aromatic rings. The number of rotatable bonds is 9. The lowest BCUT2D eigenvalue weighted by molar-refractivity contribution is 0.493. The highest BCUT2D eigenvalue weighted by atomic mass is 15.1. The second-order valence-corrected chi connectivity index (χ2v) is 19.1. The first-order valence-corrected chi connectivity index (χ1v) is 24.7. The summed E-state index contributed by atoms with van der Waals surface area (Å²) in [4.78, 5) is 2.39. The molecule has 0 saturated heterocycles. The van der Waals surface area contributed by atoms with Crippen LogP contribution in [-0.4, -0.2) is 4.57 Å². The van der Waals surface area contributed by atoms with E-state index in [1.54, 1.807) is 0 Å². The van der Waals surface area contributed by atoms with Crippen molar-refractivity contribution in [1.29, 1.82) is 0 Å². The normalized spacial score (nSPS) is 15.7. The Hall–Kier alpha value is -8.98. The maximum atomic E-state index is 2.39. The molecule has 0 radical (unpaired) electrons. The predicted octanol–water partition coefficient (Wildman–Crippen LogP) is 18.6. The minimum absolute atomic E-state index is 0.0316. The van der Waals surface area contributed by atoms with E-state index in [1.807, 2.05) is 0 Å². The summed E-state index contributed by atoms with van der Waals surface area (Å²) in [5, 5.41) is 2.51. The Balaban J connectivity index is 0.882. The standard InChI is InChI=1S/C69H50N2/c1-69-43-11-10-23-58(69)37-31-57-46-55(36-42-65(57)69)50-34-40-61(41-35-50)70(60-38-32-49(33-39-60)52-19-12-18-51(44-52)48-16-4-2-5-17-48)62-26-14-21-54(47-62)53-20-13-22-56(45-53)63-28-15-30-67-68(63)64-27-8-9-29-66(64)71(67)59-24-6-3-7-25-59/h2-47,58H,1H3. The van der Waals surface area contributed by atoms with Gasteiger partial charge >= 0.3 is 0 Å². The van der Waals surface area contributed by atoms with Crippen molar-refractivity contribution in [3.63, 3.8) is 0 Å². The van der Waals surface area contributed by atoms with Gasteiger partial charge in [-0.05, 0) is 146 Å². The lowest BCUT2D eigenvalue weighted by Gasteiger charge is -2.38. The molecule has 2 aliphatic rings. The van der Waals surface area contributed by atoms with Gasteiger partial charge in [-0.15, -0.1) is 0 Å². The maximum absolute atomic E-state index is 2.39. The monoisotopic (exact) mass is 906 g/mol. The number of para-hydroxylation sites is 2.